The molecule has 0 unspecified atom stereocenters. The second-order valence-electron chi connectivity index (χ2n) is 4.83. The minimum atomic E-state index is -0.754. The van der Waals surface area contributed by atoms with E-state index in [1.807, 2.05) is 0 Å². The third-order valence-corrected chi connectivity index (χ3v) is 3.37. The zero-order chi connectivity index (χ0) is 17.9. The number of hydrogen-bond acceptors (Lipinski definition) is 6. The highest BCUT2D eigenvalue weighted by Gasteiger charge is 2.22. The number of methoxy groups -OCH3 is 1. The van der Waals surface area contributed by atoms with Crippen molar-refractivity contribution < 1.29 is 19.4 Å². The van der Waals surface area contributed by atoms with Crippen LogP contribution >= 0.6 is 0 Å². The molecule has 0 aliphatic heterocycles. The van der Waals surface area contributed by atoms with Gasteiger partial charge in [0, 0.05) is 11.6 Å². The Labute approximate surface area is 136 Å². The molecule has 0 atom stereocenters. The number of rotatable bonds is 5. The minimum Gasteiger partial charge on any atom is -0.497 e. The van der Waals surface area contributed by atoms with Crippen molar-refractivity contribution >= 4 is 23.0 Å². The van der Waals surface area contributed by atoms with E-state index in [9.17, 15) is 25.0 Å². The summed E-state index contributed by atoms with van der Waals surface area (Å²) in [5.74, 6) is 0.0178. The molecule has 0 aliphatic carbocycles. The van der Waals surface area contributed by atoms with Crippen LogP contribution < -0.4 is 10.1 Å². The third kappa shape index (κ3) is 3.46. The number of hydrogen-bond donors (Lipinski definition) is 1. The van der Waals surface area contributed by atoms with Crippen LogP contribution in [0.3, 0.4) is 0 Å². The predicted molar refractivity (Wildman–Crippen MR) is 85.4 cm³/mol. The Kier molecular flexibility index (Phi) is 4.73. The molecule has 9 nitrogen and oxygen atoms in total. The number of ether oxygens (including phenoxy) is 1. The van der Waals surface area contributed by atoms with Crippen molar-refractivity contribution in [2.75, 3.05) is 12.4 Å². The lowest BCUT2D eigenvalue weighted by atomic mass is 10.1. The van der Waals surface area contributed by atoms with Crippen molar-refractivity contribution in [1.82, 2.24) is 0 Å². The molecule has 0 radical (unpaired) electrons. The fourth-order valence-electron chi connectivity index (χ4n) is 2.05. The molecular formula is C15H13N3O6. The van der Waals surface area contributed by atoms with Gasteiger partial charge in [-0.1, -0.05) is 0 Å². The predicted octanol–water partition coefficient (Wildman–Crippen LogP) is 3.07. The van der Waals surface area contributed by atoms with E-state index >= 15 is 0 Å². The number of nitro groups is 2. The van der Waals surface area contributed by atoms with Gasteiger partial charge in [0.15, 0.2) is 0 Å². The Hall–Kier alpha value is -3.49. The molecular weight excluding hydrogens is 318 g/mol. The summed E-state index contributed by atoms with van der Waals surface area (Å²) in [6, 6.07) is 8.13. The molecule has 2 aromatic carbocycles. The van der Waals surface area contributed by atoms with Crippen molar-refractivity contribution in [3.63, 3.8) is 0 Å². The van der Waals surface area contributed by atoms with Gasteiger partial charge in [0.1, 0.15) is 5.75 Å². The molecule has 24 heavy (non-hydrogen) atoms. The smallest absolute Gasteiger partial charge is 0.281 e. The van der Waals surface area contributed by atoms with E-state index in [1.165, 1.54) is 26.2 Å². The number of amides is 1. The van der Waals surface area contributed by atoms with Crippen molar-refractivity contribution in [2.45, 2.75) is 6.92 Å². The topological polar surface area (TPSA) is 125 Å². The molecule has 0 saturated carbocycles. The third-order valence-electron chi connectivity index (χ3n) is 3.37. The van der Waals surface area contributed by atoms with Gasteiger partial charge < -0.3 is 10.1 Å². The van der Waals surface area contributed by atoms with Crippen LogP contribution in [0.1, 0.15) is 15.9 Å². The number of carbonyl (C=O) groups is 1. The fraction of sp³-hybridized carbons (Fsp3) is 0.133. The summed E-state index contributed by atoms with van der Waals surface area (Å²) in [5, 5.41) is 24.4. The van der Waals surface area contributed by atoms with E-state index in [-0.39, 0.29) is 16.8 Å². The number of nitro benzene ring substituents is 2. The highest BCUT2D eigenvalue weighted by molar-refractivity contribution is 6.05. The van der Waals surface area contributed by atoms with Gasteiger partial charge >= 0.3 is 0 Å². The zero-order valence-electron chi connectivity index (χ0n) is 12.8. The first kappa shape index (κ1) is 16.9. The molecule has 0 saturated heterocycles. The summed E-state index contributed by atoms with van der Waals surface area (Å²) in [5.41, 5.74) is -0.486. The molecule has 0 aliphatic rings. The highest BCUT2D eigenvalue weighted by Crippen LogP contribution is 2.31. The SMILES string of the molecule is COc1ccc(C(=O)Nc2cc([N+](=O)[O-])cc([N+](=O)[O-])c2C)cc1. The standard InChI is InChI=1S/C15H13N3O6/c1-9-13(7-11(17(20)21)8-14(9)18(22)23)16-15(19)10-3-5-12(24-2)6-4-10/h3-8H,1-2H3,(H,16,19). The summed E-state index contributed by atoms with van der Waals surface area (Å²) in [4.78, 5) is 32.7. The van der Waals surface area contributed by atoms with E-state index in [0.29, 0.717) is 5.75 Å². The summed E-state index contributed by atoms with van der Waals surface area (Å²) < 4.78 is 4.99. The maximum atomic E-state index is 12.2. The number of benzene rings is 2. The van der Waals surface area contributed by atoms with Crippen molar-refractivity contribution in [3.05, 3.63) is 67.8 Å². The van der Waals surface area contributed by atoms with Gasteiger partial charge in [0.2, 0.25) is 0 Å². The van der Waals surface area contributed by atoms with E-state index in [4.69, 9.17) is 4.74 Å². The van der Waals surface area contributed by atoms with Gasteiger partial charge in [-0.05, 0) is 31.2 Å². The lowest BCUT2D eigenvalue weighted by Crippen LogP contribution is -2.13. The number of non-ortho nitro benzene ring substituents is 1. The van der Waals surface area contributed by atoms with Gasteiger partial charge in [0.05, 0.1) is 34.3 Å². The van der Waals surface area contributed by atoms with E-state index in [2.05, 4.69) is 5.32 Å². The fourth-order valence-corrected chi connectivity index (χ4v) is 2.05. The van der Waals surface area contributed by atoms with Gasteiger partial charge in [-0.2, -0.15) is 0 Å². The molecule has 2 aromatic rings. The minimum absolute atomic E-state index is 0.0109. The van der Waals surface area contributed by atoms with Crippen LogP contribution in [-0.4, -0.2) is 22.9 Å². The van der Waals surface area contributed by atoms with Crippen molar-refractivity contribution in [1.29, 1.82) is 0 Å². The molecule has 0 bridgehead atoms. The lowest BCUT2D eigenvalue weighted by Gasteiger charge is -2.09. The largest absolute Gasteiger partial charge is 0.497 e. The average Bonchev–Trinajstić information content (AvgIpc) is 2.56. The molecule has 0 aromatic heterocycles. The van der Waals surface area contributed by atoms with Crippen molar-refractivity contribution in [3.8, 4) is 5.75 Å². The summed E-state index contributed by atoms with van der Waals surface area (Å²) in [7, 11) is 1.49. The van der Waals surface area contributed by atoms with E-state index in [1.54, 1.807) is 12.1 Å². The molecule has 124 valence electrons. The quantitative estimate of drug-likeness (QED) is 0.663. The maximum absolute atomic E-state index is 12.2. The number of nitrogens with zero attached hydrogens (tertiary/aromatic N) is 2. The molecule has 9 heteroatoms. The Balaban J connectivity index is 2.38. The van der Waals surface area contributed by atoms with Gasteiger partial charge in [-0.15, -0.1) is 0 Å². The van der Waals surface area contributed by atoms with Gasteiger partial charge in [0.25, 0.3) is 17.3 Å². The molecule has 2 rings (SSSR count). The van der Waals surface area contributed by atoms with Crippen molar-refractivity contribution in [2.24, 2.45) is 0 Å². The van der Waals surface area contributed by atoms with Crippen LogP contribution in [0.4, 0.5) is 17.1 Å². The first-order chi connectivity index (χ1) is 11.3. The van der Waals surface area contributed by atoms with Crippen LogP contribution in [0, 0.1) is 27.2 Å². The summed E-state index contributed by atoms with van der Waals surface area (Å²) >= 11 is 0. The van der Waals surface area contributed by atoms with E-state index in [0.717, 1.165) is 12.1 Å². The number of anilines is 1. The summed E-state index contributed by atoms with van der Waals surface area (Å²) in [6.07, 6.45) is 0. The first-order valence-electron chi connectivity index (χ1n) is 6.72. The second-order valence-corrected chi connectivity index (χ2v) is 4.83. The normalized spacial score (nSPS) is 10.1. The average molecular weight is 331 g/mol. The van der Waals surface area contributed by atoms with Crippen LogP contribution in [0.25, 0.3) is 0 Å². The molecule has 1 amide bonds. The zero-order valence-corrected chi connectivity index (χ0v) is 12.8. The molecule has 0 spiro atoms. The van der Waals surface area contributed by atoms with Gasteiger partial charge in [-0.25, -0.2) is 0 Å². The monoisotopic (exact) mass is 331 g/mol. The molecule has 0 fully saturated rings. The van der Waals surface area contributed by atoms with Crippen LogP contribution in [0.2, 0.25) is 0 Å². The van der Waals surface area contributed by atoms with Crippen LogP contribution in [0.15, 0.2) is 36.4 Å². The maximum Gasteiger partial charge on any atom is 0.281 e. The van der Waals surface area contributed by atoms with Crippen LogP contribution in [0.5, 0.6) is 5.75 Å². The molecule has 0 heterocycles. The van der Waals surface area contributed by atoms with E-state index < -0.39 is 27.1 Å². The Morgan fingerprint density at radius 3 is 2.21 bits per heavy atom. The molecule has 1 N–H and O–H groups in total. The first-order valence-corrected chi connectivity index (χ1v) is 6.72. The number of nitrogens with one attached hydrogen (secondary N) is 1. The van der Waals surface area contributed by atoms with Crippen LogP contribution in [-0.2, 0) is 0 Å². The highest BCUT2D eigenvalue weighted by atomic mass is 16.6. The lowest BCUT2D eigenvalue weighted by molar-refractivity contribution is -0.394. The summed E-state index contributed by atoms with van der Waals surface area (Å²) in [6.45, 7) is 1.41. The Bertz CT molecular complexity index is 817. The number of carbonyl (C=O) groups excluding carboxylic acids is 1. The van der Waals surface area contributed by atoms with Gasteiger partial charge in [-0.3, -0.25) is 25.0 Å². The second kappa shape index (κ2) is 6.73. The Morgan fingerprint density at radius 2 is 1.71 bits per heavy atom. The Morgan fingerprint density at radius 1 is 1.08 bits per heavy atom.